The van der Waals surface area contributed by atoms with Crippen LogP contribution in [0.5, 0.6) is 0 Å². The number of rotatable bonds is 5. The monoisotopic (exact) mass is 283 g/mol. The molecule has 2 fully saturated rings. The number of morpholine rings is 1. The van der Waals surface area contributed by atoms with Crippen molar-refractivity contribution < 1.29 is 14.3 Å². The highest BCUT2D eigenvalue weighted by Gasteiger charge is 2.36. The molecule has 114 valence electrons. The number of hydrogen-bond donors (Lipinski definition) is 1. The molecule has 0 aromatic rings. The van der Waals surface area contributed by atoms with E-state index in [0.29, 0.717) is 25.8 Å². The molecule has 0 bridgehead atoms. The van der Waals surface area contributed by atoms with Crippen molar-refractivity contribution in [2.75, 3.05) is 53.0 Å². The van der Waals surface area contributed by atoms with E-state index in [1.807, 2.05) is 4.90 Å². The molecule has 0 aromatic carbocycles. The Morgan fingerprint density at radius 1 is 1.55 bits per heavy atom. The Balaban J connectivity index is 1.72. The van der Waals surface area contributed by atoms with Gasteiger partial charge in [-0.1, -0.05) is 6.08 Å². The highest BCUT2D eigenvalue weighted by Crippen LogP contribution is 2.21. The Morgan fingerprint density at radius 3 is 3.20 bits per heavy atom. The summed E-state index contributed by atoms with van der Waals surface area (Å²) in [6.45, 7) is 8.37. The van der Waals surface area contributed by atoms with Crippen LogP contribution in [0.15, 0.2) is 12.7 Å². The first kappa shape index (κ1) is 15.3. The lowest BCUT2D eigenvalue weighted by Crippen LogP contribution is -2.60. The minimum Gasteiger partial charge on any atom is -0.376 e. The van der Waals surface area contributed by atoms with Crippen LogP contribution in [0.3, 0.4) is 0 Å². The van der Waals surface area contributed by atoms with Gasteiger partial charge in [0.05, 0.1) is 32.0 Å². The van der Waals surface area contributed by atoms with Crippen molar-refractivity contribution in [3.8, 4) is 0 Å². The van der Waals surface area contributed by atoms with Crippen LogP contribution in [0, 0.1) is 0 Å². The maximum absolute atomic E-state index is 12.1. The van der Waals surface area contributed by atoms with Crippen molar-refractivity contribution in [1.29, 1.82) is 0 Å². The lowest BCUT2D eigenvalue weighted by molar-refractivity contribution is -0.0881. The van der Waals surface area contributed by atoms with Gasteiger partial charge >= 0.3 is 6.03 Å². The Kier molecular flexibility index (Phi) is 5.82. The molecule has 1 N–H and O–H groups in total. The van der Waals surface area contributed by atoms with Gasteiger partial charge in [0.25, 0.3) is 0 Å². The third-order valence-electron chi connectivity index (χ3n) is 3.91. The summed E-state index contributed by atoms with van der Waals surface area (Å²) in [7, 11) is 2.10. The second kappa shape index (κ2) is 7.61. The fraction of sp³-hybridized carbons (Fsp3) is 0.786. The second-order valence-corrected chi connectivity index (χ2v) is 5.29. The summed E-state index contributed by atoms with van der Waals surface area (Å²) in [5.74, 6) is 0. The van der Waals surface area contributed by atoms with E-state index in [1.54, 1.807) is 6.08 Å². The van der Waals surface area contributed by atoms with Gasteiger partial charge in [0.15, 0.2) is 0 Å². The summed E-state index contributed by atoms with van der Waals surface area (Å²) < 4.78 is 11.0. The van der Waals surface area contributed by atoms with E-state index >= 15 is 0 Å². The molecule has 6 heteroatoms. The van der Waals surface area contributed by atoms with Crippen LogP contribution in [0.25, 0.3) is 0 Å². The van der Waals surface area contributed by atoms with Crippen molar-refractivity contribution in [2.45, 2.75) is 18.6 Å². The topological polar surface area (TPSA) is 54.0 Å². The predicted octanol–water partition coefficient (Wildman–Crippen LogP) is 0.304. The number of fused-ring (bicyclic) bond motifs is 1. The van der Waals surface area contributed by atoms with Crippen molar-refractivity contribution in [1.82, 2.24) is 15.1 Å². The molecule has 2 atom stereocenters. The van der Waals surface area contributed by atoms with Crippen LogP contribution in [0.4, 0.5) is 4.79 Å². The normalized spacial score (nSPS) is 26.9. The lowest BCUT2D eigenvalue weighted by Gasteiger charge is -2.45. The molecule has 0 aliphatic carbocycles. The zero-order valence-electron chi connectivity index (χ0n) is 12.2. The Bertz CT molecular complexity index is 338. The number of likely N-dealkylation sites (N-methyl/N-ethyl adjacent to an activating group) is 1. The van der Waals surface area contributed by atoms with Gasteiger partial charge in [-0.2, -0.15) is 0 Å². The summed E-state index contributed by atoms with van der Waals surface area (Å²) >= 11 is 0. The fourth-order valence-corrected chi connectivity index (χ4v) is 2.73. The van der Waals surface area contributed by atoms with Gasteiger partial charge in [0.2, 0.25) is 0 Å². The maximum Gasteiger partial charge on any atom is 0.317 e. The zero-order valence-corrected chi connectivity index (χ0v) is 12.2. The molecule has 2 aliphatic heterocycles. The number of amides is 2. The molecule has 2 heterocycles. The minimum atomic E-state index is -0.00961. The van der Waals surface area contributed by atoms with Crippen molar-refractivity contribution >= 4 is 6.03 Å². The van der Waals surface area contributed by atoms with E-state index < -0.39 is 0 Å². The molecular weight excluding hydrogens is 258 g/mol. The van der Waals surface area contributed by atoms with Crippen molar-refractivity contribution in [3.63, 3.8) is 0 Å². The van der Waals surface area contributed by atoms with Gasteiger partial charge in [-0.3, -0.25) is 4.90 Å². The maximum atomic E-state index is 12.1. The first-order chi connectivity index (χ1) is 9.72. The van der Waals surface area contributed by atoms with E-state index in [4.69, 9.17) is 9.47 Å². The smallest absolute Gasteiger partial charge is 0.317 e. The molecule has 0 aromatic heterocycles. The van der Waals surface area contributed by atoms with Crippen LogP contribution in [-0.4, -0.2) is 81.0 Å². The quantitative estimate of drug-likeness (QED) is 0.582. The van der Waals surface area contributed by atoms with Gasteiger partial charge in [0, 0.05) is 26.2 Å². The Labute approximate surface area is 120 Å². The number of ether oxygens (including phenoxy) is 2. The van der Waals surface area contributed by atoms with E-state index in [1.165, 1.54) is 0 Å². The molecule has 2 unspecified atom stereocenters. The average molecular weight is 283 g/mol. The molecule has 0 radical (unpaired) electrons. The van der Waals surface area contributed by atoms with Crippen LogP contribution < -0.4 is 5.32 Å². The highest BCUT2D eigenvalue weighted by atomic mass is 16.5. The highest BCUT2D eigenvalue weighted by molar-refractivity contribution is 5.74. The molecule has 2 amide bonds. The van der Waals surface area contributed by atoms with Gasteiger partial charge in [-0.25, -0.2) is 4.79 Å². The molecule has 0 saturated carbocycles. The van der Waals surface area contributed by atoms with Crippen LogP contribution in [-0.2, 0) is 9.47 Å². The fourth-order valence-electron chi connectivity index (χ4n) is 2.73. The summed E-state index contributed by atoms with van der Waals surface area (Å²) in [6.07, 6.45) is 2.88. The molecule has 6 nitrogen and oxygen atoms in total. The predicted molar refractivity (Wildman–Crippen MR) is 76.8 cm³/mol. The standard InChI is InChI=1S/C14H25N3O3/c1-3-8-19-9-5-15-14(18)17-6-4-13-12(11-17)16(2)7-10-20-13/h3,12-13H,1,4-11H2,2H3,(H,15,18). The zero-order chi connectivity index (χ0) is 14.4. The number of nitrogens with zero attached hydrogens (tertiary/aromatic N) is 2. The third kappa shape index (κ3) is 3.94. The minimum absolute atomic E-state index is 0.00961. The van der Waals surface area contributed by atoms with Gasteiger partial charge in [-0.05, 0) is 13.5 Å². The molecule has 0 spiro atoms. The van der Waals surface area contributed by atoms with E-state index in [2.05, 4.69) is 23.8 Å². The number of piperidine rings is 1. The number of nitrogens with one attached hydrogen (secondary N) is 1. The summed E-state index contributed by atoms with van der Waals surface area (Å²) in [6, 6.07) is 0.310. The second-order valence-electron chi connectivity index (χ2n) is 5.29. The lowest BCUT2D eigenvalue weighted by atomic mass is 9.99. The van der Waals surface area contributed by atoms with Crippen molar-refractivity contribution in [3.05, 3.63) is 12.7 Å². The molecule has 2 rings (SSSR count). The van der Waals surface area contributed by atoms with E-state index in [-0.39, 0.29) is 12.1 Å². The van der Waals surface area contributed by atoms with Gasteiger partial charge in [0.1, 0.15) is 0 Å². The Hall–Kier alpha value is -1.11. The molecular formula is C14H25N3O3. The van der Waals surface area contributed by atoms with Crippen LogP contribution >= 0.6 is 0 Å². The first-order valence-electron chi connectivity index (χ1n) is 7.25. The molecule has 20 heavy (non-hydrogen) atoms. The number of urea groups is 1. The summed E-state index contributed by atoms with van der Waals surface area (Å²) in [5, 5.41) is 2.89. The molecule has 2 saturated heterocycles. The number of likely N-dealkylation sites (tertiary alicyclic amines) is 1. The first-order valence-corrected chi connectivity index (χ1v) is 7.25. The summed E-state index contributed by atoms with van der Waals surface area (Å²) in [4.78, 5) is 16.3. The van der Waals surface area contributed by atoms with Crippen LogP contribution in [0.1, 0.15) is 6.42 Å². The number of hydrogen-bond acceptors (Lipinski definition) is 4. The average Bonchev–Trinajstić information content (AvgIpc) is 2.47. The van der Waals surface area contributed by atoms with Gasteiger partial charge < -0.3 is 19.7 Å². The van der Waals surface area contributed by atoms with E-state index in [0.717, 1.165) is 32.7 Å². The summed E-state index contributed by atoms with van der Waals surface area (Å²) in [5.41, 5.74) is 0. The van der Waals surface area contributed by atoms with Crippen LogP contribution in [0.2, 0.25) is 0 Å². The molecule has 2 aliphatic rings. The number of carbonyl (C=O) groups is 1. The Morgan fingerprint density at radius 2 is 2.40 bits per heavy atom. The largest absolute Gasteiger partial charge is 0.376 e. The van der Waals surface area contributed by atoms with Crippen molar-refractivity contribution in [2.24, 2.45) is 0 Å². The van der Waals surface area contributed by atoms with Gasteiger partial charge in [-0.15, -0.1) is 6.58 Å². The number of carbonyl (C=O) groups excluding carboxylic acids is 1. The van der Waals surface area contributed by atoms with E-state index in [9.17, 15) is 4.79 Å². The SMILES string of the molecule is C=CCOCCNC(=O)N1CCC2OCCN(C)C2C1. The third-order valence-corrected chi connectivity index (χ3v) is 3.91.